The van der Waals surface area contributed by atoms with Gasteiger partial charge in [-0.25, -0.2) is 4.39 Å². The van der Waals surface area contributed by atoms with Crippen LogP contribution in [0.3, 0.4) is 0 Å². The van der Waals surface area contributed by atoms with Crippen LogP contribution < -0.4 is 10.1 Å². The van der Waals surface area contributed by atoms with Crippen LogP contribution in [0.4, 0.5) is 4.39 Å². The van der Waals surface area contributed by atoms with Crippen molar-refractivity contribution in [3.63, 3.8) is 0 Å². The van der Waals surface area contributed by atoms with E-state index in [0.717, 1.165) is 17.7 Å². The third kappa shape index (κ3) is 8.52. The Morgan fingerprint density at radius 2 is 1.70 bits per heavy atom. The van der Waals surface area contributed by atoms with Gasteiger partial charge in [-0.3, -0.25) is 0 Å². The fraction of sp³-hybridized carbons (Fsp3) is 0.455. The molecule has 0 fully saturated rings. The Morgan fingerprint density at radius 3 is 2.41 bits per heavy atom. The number of rotatable bonds is 12. The molecule has 5 heteroatoms. The van der Waals surface area contributed by atoms with Crippen molar-refractivity contribution in [2.45, 2.75) is 38.8 Å². The second-order valence-corrected chi connectivity index (χ2v) is 6.88. The number of aliphatic hydroxyl groups is 1. The van der Waals surface area contributed by atoms with Crippen molar-refractivity contribution in [3.8, 4) is 5.75 Å². The molecule has 2 aromatic rings. The summed E-state index contributed by atoms with van der Waals surface area (Å²) in [6, 6.07) is 14.9. The van der Waals surface area contributed by atoms with Crippen LogP contribution in [0, 0.1) is 5.82 Å². The van der Waals surface area contributed by atoms with Gasteiger partial charge in [-0.15, -0.1) is 0 Å². The van der Waals surface area contributed by atoms with Crippen molar-refractivity contribution in [2.24, 2.45) is 0 Å². The molecule has 27 heavy (non-hydrogen) atoms. The molecule has 2 aromatic carbocycles. The minimum absolute atomic E-state index is 0.179. The smallest absolute Gasteiger partial charge is 0.126 e. The van der Waals surface area contributed by atoms with Crippen molar-refractivity contribution in [1.82, 2.24) is 5.32 Å². The van der Waals surface area contributed by atoms with Gasteiger partial charge in [-0.2, -0.15) is 0 Å². The SMILES string of the molecule is CC(C)NCC(O)COc1ccc(CCOCCc2ccccc2F)cc1. The standard InChI is InChI=1S/C22H30FNO3/c1-17(2)24-15-20(25)16-27-21-9-7-18(8-10-21)11-13-26-14-12-19-5-3-4-6-22(19)23/h3-10,17,20,24-25H,11-16H2,1-2H3. The minimum atomic E-state index is -0.532. The summed E-state index contributed by atoms with van der Waals surface area (Å²) < 4.78 is 24.7. The Kier molecular flexibility index (Phi) is 9.25. The number of hydrogen-bond acceptors (Lipinski definition) is 4. The lowest BCUT2D eigenvalue weighted by atomic mass is 10.1. The van der Waals surface area contributed by atoms with Crippen LogP contribution in [0.5, 0.6) is 5.75 Å². The van der Waals surface area contributed by atoms with Crippen LogP contribution in [0.1, 0.15) is 25.0 Å². The number of halogens is 1. The first-order chi connectivity index (χ1) is 13.0. The maximum atomic E-state index is 13.5. The molecule has 2 rings (SSSR count). The van der Waals surface area contributed by atoms with Crippen molar-refractivity contribution >= 4 is 0 Å². The zero-order valence-corrected chi connectivity index (χ0v) is 16.2. The third-order valence-electron chi connectivity index (χ3n) is 4.14. The second-order valence-electron chi connectivity index (χ2n) is 6.88. The number of aliphatic hydroxyl groups excluding tert-OH is 1. The van der Waals surface area contributed by atoms with Crippen molar-refractivity contribution in [1.29, 1.82) is 0 Å². The molecule has 0 amide bonds. The number of hydrogen-bond donors (Lipinski definition) is 2. The summed E-state index contributed by atoms with van der Waals surface area (Å²) in [6.07, 6.45) is 0.835. The van der Waals surface area contributed by atoms with Gasteiger partial charge < -0.3 is 19.9 Å². The molecule has 1 unspecified atom stereocenters. The highest BCUT2D eigenvalue weighted by molar-refractivity contribution is 5.27. The molecule has 0 saturated carbocycles. The Morgan fingerprint density at radius 1 is 1.00 bits per heavy atom. The van der Waals surface area contributed by atoms with Crippen LogP contribution in [-0.2, 0) is 17.6 Å². The summed E-state index contributed by atoms with van der Waals surface area (Å²) in [6.45, 7) is 5.95. The van der Waals surface area contributed by atoms with Crippen molar-refractivity contribution in [3.05, 3.63) is 65.5 Å². The Balaban J connectivity index is 1.62. The summed E-state index contributed by atoms with van der Waals surface area (Å²) in [5.41, 5.74) is 1.83. The van der Waals surface area contributed by atoms with E-state index in [0.29, 0.717) is 37.8 Å². The quantitative estimate of drug-likeness (QED) is 0.559. The monoisotopic (exact) mass is 375 g/mol. The lowest BCUT2D eigenvalue weighted by Crippen LogP contribution is -2.35. The molecule has 0 aliphatic carbocycles. The fourth-order valence-electron chi connectivity index (χ4n) is 2.55. The van der Waals surface area contributed by atoms with E-state index in [-0.39, 0.29) is 12.4 Å². The molecule has 0 saturated heterocycles. The maximum absolute atomic E-state index is 13.5. The van der Waals surface area contributed by atoms with Crippen molar-refractivity contribution < 1.29 is 19.0 Å². The summed E-state index contributed by atoms with van der Waals surface area (Å²) in [5.74, 6) is 0.560. The number of benzene rings is 2. The lowest BCUT2D eigenvalue weighted by molar-refractivity contribution is 0.104. The lowest BCUT2D eigenvalue weighted by Gasteiger charge is -2.15. The molecule has 0 aliphatic rings. The molecule has 0 spiro atoms. The van der Waals surface area contributed by atoms with E-state index in [9.17, 15) is 9.50 Å². The Bertz CT molecular complexity index is 661. The zero-order chi connectivity index (χ0) is 19.5. The molecule has 4 nitrogen and oxygen atoms in total. The van der Waals surface area contributed by atoms with Gasteiger partial charge in [0.15, 0.2) is 0 Å². The molecular formula is C22H30FNO3. The van der Waals surface area contributed by atoms with E-state index in [2.05, 4.69) is 5.32 Å². The van der Waals surface area contributed by atoms with Gasteiger partial charge >= 0.3 is 0 Å². The van der Waals surface area contributed by atoms with Crippen LogP contribution >= 0.6 is 0 Å². The van der Waals surface area contributed by atoms with Crippen molar-refractivity contribution in [2.75, 3.05) is 26.4 Å². The van der Waals surface area contributed by atoms with Gasteiger partial charge in [-0.05, 0) is 42.2 Å². The van der Waals surface area contributed by atoms with E-state index in [1.807, 2.05) is 44.2 Å². The van der Waals surface area contributed by atoms with E-state index >= 15 is 0 Å². The summed E-state index contributed by atoms with van der Waals surface area (Å²) >= 11 is 0. The predicted octanol–water partition coefficient (Wildman–Crippen LogP) is 3.37. The average Bonchev–Trinajstić information content (AvgIpc) is 2.66. The normalized spacial score (nSPS) is 12.3. The first kappa shape index (κ1) is 21.4. The van der Waals surface area contributed by atoms with E-state index in [4.69, 9.17) is 9.47 Å². The maximum Gasteiger partial charge on any atom is 0.126 e. The Hall–Kier alpha value is -1.95. The van der Waals surface area contributed by atoms with E-state index in [1.54, 1.807) is 12.1 Å². The predicted molar refractivity (Wildman–Crippen MR) is 106 cm³/mol. The molecule has 0 aromatic heterocycles. The zero-order valence-electron chi connectivity index (χ0n) is 16.2. The highest BCUT2D eigenvalue weighted by Crippen LogP contribution is 2.13. The van der Waals surface area contributed by atoms with Crippen LogP contribution in [0.25, 0.3) is 0 Å². The molecular weight excluding hydrogens is 345 g/mol. The van der Waals surface area contributed by atoms with E-state index < -0.39 is 6.10 Å². The fourth-order valence-corrected chi connectivity index (χ4v) is 2.55. The van der Waals surface area contributed by atoms with Crippen LogP contribution in [-0.4, -0.2) is 43.6 Å². The molecule has 0 bridgehead atoms. The number of nitrogens with one attached hydrogen (secondary N) is 1. The molecule has 0 radical (unpaired) electrons. The van der Waals surface area contributed by atoms with E-state index in [1.165, 1.54) is 6.07 Å². The minimum Gasteiger partial charge on any atom is -0.491 e. The van der Waals surface area contributed by atoms with Gasteiger partial charge in [0.2, 0.25) is 0 Å². The molecule has 0 aliphatic heterocycles. The van der Waals surface area contributed by atoms with Crippen LogP contribution in [0.15, 0.2) is 48.5 Å². The van der Waals surface area contributed by atoms with Gasteiger partial charge in [0.1, 0.15) is 24.3 Å². The van der Waals surface area contributed by atoms with Gasteiger partial charge in [0.05, 0.1) is 13.2 Å². The number of ether oxygens (including phenoxy) is 2. The topological polar surface area (TPSA) is 50.7 Å². The molecule has 148 valence electrons. The summed E-state index contributed by atoms with van der Waals surface area (Å²) in [5, 5.41) is 13.0. The average molecular weight is 375 g/mol. The Labute approximate surface area is 161 Å². The summed E-state index contributed by atoms with van der Waals surface area (Å²) in [7, 11) is 0. The first-order valence-corrected chi connectivity index (χ1v) is 9.49. The molecule has 1 atom stereocenters. The molecule has 2 N–H and O–H groups in total. The summed E-state index contributed by atoms with van der Waals surface area (Å²) in [4.78, 5) is 0. The largest absolute Gasteiger partial charge is 0.491 e. The highest BCUT2D eigenvalue weighted by atomic mass is 19.1. The first-order valence-electron chi connectivity index (χ1n) is 9.49. The highest BCUT2D eigenvalue weighted by Gasteiger charge is 2.06. The van der Waals surface area contributed by atoms with Gasteiger partial charge in [-0.1, -0.05) is 44.2 Å². The second kappa shape index (κ2) is 11.7. The molecule has 0 heterocycles. The third-order valence-corrected chi connectivity index (χ3v) is 4.14. The van der Waals surface area contributed by atoms with Crippen LogP contribution in [0.2, 0.25) is 0 Å². The van der Waals surface area contributed by atoms with Gasteiger partial charge in [0, 0.05) is 12.6 Å². The van der Waals surface area contributed by atoms with Gasteiger partial charge in [0.25, 0.3) is 0 Å².